The number of benzene rings is 2. The molecule has 0 spiro atoms. The highest BCUT2D eigenvalue weighted by Gasteiger charge is 2.18. The Kier molecular flexibility index (Phi) is 5.63. The number of primary amides is 1. The van der Waals surface area contributed by atoms with Crippen LogP contribution in [0.4, 0.5) is 4.39 Å². The van der Waals surface area contributed by atoms with E-state index >= 15 is 0 Å². The van der Waals surface area contributed by atoms with Crippen LogP contribution < -0.4 is 11.1 Å². The molecule has 2 amide bonds. The van der Waals surface area contributed by atoms with E-state index in [1.54, 1.807) is 30.3 Å². The Morgan fingerprint density at radius 1 is 1.17 bits per heavy atom. The molecule has 24 heavy (non-hydrogen) atoms. The Morgan fingerprint density at radius 3 is 2.46 bits per heavy atom. The number of carbonyl (C=O) groups excluding carboxylic acids is 2. The number of carbonyl (C=O) groups is 2. The van der Waals surface area contributed by atoms with Gasteiger partial charge in [0, 0.05) is 6.42 Å². The number of nitrogens with zero attached hydrogens (tertiary/aromatic N) is 1. The summed E-state index contributed by atoms with van der Waals surface area (Å²) in [6, 6.07) is 13.5. The van der Waals surface area contributed by atoms with E-state index in [0.717, 1.165) is 5.56 Å². The maximum Gasteiger partial charge on any atom is 0.240 e. The summed E-state index contributed by atoms with van der Waals surface area (Å²) >= 11 is 0. The van der Waals surface area contributed by atoms with E-state index in [0.29, 0.717) is 11.1 Å². The second kappa shape index (κ2) is 7.88. The summed E-state index contributed by atoms with van der Waals surface area (Å²) in [5.74, 6) is -1.51. The van der Waals surface area contributed by atoms with E-state index in [4.69, 9.17) is 11.0 Å². The van der Waals surface area contributed by atoms with Gasteiger partial charge in [-0.3, -0.25) is 9.59 Å². The molecule has 2 rings (SSSR count). The van der Waals surface area contributed by atoms with E-state index in [-0.39, 0.29) is 12.8 Å². The smallest absolute Gasteiger partial charge is 0.240 e. The maximum absolute atomic E-state index is 13.1. The van der Waals surface area contributed by atoms with Gasteiger partial charge in [-0.05, 0) is 35.4 Å². The largest absolute Gasteiger partial charge is 0.368 e. The molecule has 2 aromatic carbocycles. The van der Waals surface area contributed by atoms with Crippen molar-refractivity contribution in [2.24, 2.45) is 5.73 Å². The second-order valence-electron chi connectivity index (χ2n) is 5.34. The van der Waals surface area contributed by atoms with Gasteiger partial charge in [-0.25, -0.2) is 4.39 Å². The van der Waals surface area contributed by atoms with Crippen molar-refractivity contribution in [1.82, 2.24) is 5.32 Å². The minimum Gasteiger partial charge on any atom is -0.368 e. The van der Waals surface area contributed by atoms with Crippen LogP contribution in [-0.4, -0.2) is 17.9 Å². The van der Waals surface area contributed by atoms with E-state index in [1.807, 2.05) is 6.07 Å². The highest BCUT2D eigenvalue weighted by molar-refractivity contribution is 5.87. The van der Waals surface area contributed by atoms with E-state index in [2.05, 4.69) is 5.32 Å². The quantitative estimate of drug-likeness (QED) is 0.841. The van der Waals surface area contributed by atoms with Crippen molar-refractivity contribution in [3.8, 4) is 6.07 Å². The first kappa shape index (κ1) is 17.2. The molecular weight excluding hydrogens is 309 g/mol. The molecule has 0 bridgehead atoms. The summed E-state index contributed by atoms with van der Waals surface area (Å²) in [7, 11) is 0. The van der Waals surface area contributed by atoms with Crippen LogP contribution in [-0.2, 0) is 22.4 Å². The van der Waals surface area contributed by atoms with Crippen molar-refractivity contribution in [2.75, 3.05) is 0 Å². The lowest BCUT2D eigenvalue weighted by molar-refractivity contribution is -0.127. The number of rotatable bonds is 6. The van der Waals surface area contributed by atoms with Gasteiger partial charge in [-0.2, -0.15) is 5.26 Å². The summed E-state index contributed by atoms with van der Waals surface area (Å²) < 4.78 is 13.1. The van der Waals surface area contributed by atoms with Gasteiger partial charge in [0.2, 0.25) is 11.8 Å². The standard InChI is InChI=1S/C18H16FN3O2/c19-15-3-1-2-14(8-15)10-17(23)22-16(18(21)24)9-12-4-6-13(11-20)7-5-12/h1-8,16H,9-10H2,(H2,21,24)(H,22,23)/t16-/m0/s1. The number of hydrogen-bond donors (Lipinski definition) is 2. The molecule has 0 heterocycles. The molecule has 0 saturated carbocycles. The van der Waals surface area contributed by atoms with E-state index in [9.17, 15) is 14.0 Å². The summed E-state index contributed by atoms with van der Waals surface area (Å²) in [6.45, 7) is 0. The van der Waals surface area contributed by atoms with Crippen molar-refractivity contribution < 1.29 is 14.0 Å². The summed E-state index contributed by atoms with van der Waals surface area (Å²) in [6.07, 6.45) is 0.171. The molecule has 0 saturated heterocycles. The normalized spacial score (nSPS) is 11.3. The van der Waals surface area contributed by atoms with E-state index in [1.165, 1.54) is 18.2 Å². The third-order valence-corrected chi connectivity index (χ3v) is 3.46. The Hall–Kier alpha value is -3.20. The molecule has 0 aliphatic heterocycles. The fraction of sp³-hybridized carbons (Fsp3) is 0.167. The van der Waals surface area contributed by atoms with Crippen molar-refractivity contribution in [1.29, 1.82) is 5.26 Å². The topological polar surface area (TPSA) is 96.0 Å². The van der Waals surface area contributed by atoms with Crippen molar-refractivity contribution in [3.63, 3.8) is 0 Å². The van der Waals surface area contributed by atoms with Crippen molar-refractivity contribution in [2.45, 2.75) is 18.9 Å². The van der Waals surface area contributed by atoms with Crippen LogP contribution in [0, 0.1) is 17.1 Å². The Morgan fingerprint density at radius 2 is 1.88 bits per heavy atom. The monoisotopic (exact) mass is 325 g/mol. The molecule has 0 aliphatic rings. The molecule has 0 unspecified atom stereocenters. The van der Waals surface area contributed by atoms with Gasteiger partial charge < -0.3 is 11.1 Å². The minimum atomic E-state index is -0.876. The molecule has 122 valence electrons. The zero-order chi connectivity index (χ0) is 17.5. The third kappa shape index (κ3) is 4.92. The zero-order valence-electron chi connectivity index (χ0n) is 12.8. The Balaban J connectivity index is 2.01. The summed E-state index contributed by atoms with van der Waals surface area (Å²) in [5.41, 5.74) is 7.12. The van der Waals surface area contributed by atoms with Crippen LogP contribution in [0.2, 0.25) is 0 Å². The highest BCUT2D eigenvalue weighted by atomic mass is 19.1. The van der Waals surface area contributed by atoms with Gasteiger partial charge in [0.15, 0.2) is 0 Å². The fourth-order valence-electron chi connectivity index (χ4n) is 2.25. The van der Waals surface area contributed by atoms with Gasteiger partial charge >= 0.3 is 0 Å². The van der Waals surface area contributed by atoms with Gasteiger partial charge in [0.25, 0.3) is 0 Å². The van der Waals surface area contributed by atoms with Gasteiger partial charge in [-0.1, -0.05) is 24.3 Å². The van der Waals surface area contributed by atoms with Gasteiger partial charge in [0.05, 0.1) is 18.1 Å². The Bertz CT molecular complexity index is 782. The lowest BCUT2D eigenvalue weighted by Gasteiger charge is -2.15. The van der Waals surface area contributed by atoms with Crippen LogP contribution >= 0.6 is 0 Å². The highest BCUT2D eigenvalue weighted by Crippen LogP contribution is 2.08. The fourth-order valence-corrected chi connectivity index (χ4v) is 2.25. The van der Waals surface area contributed by atoms with Crippen molar-refractivity contribution in [3.05, 3.63) is 71.0 Å². The number of nitriles is 1. The SMILES string of the molecule is N#Cc1ccc(C[C@H](NC(=O)Cc2cccc(F)c2)C(N)=O)cc1. The Labute approximate surface area is 138 Å². The molecule has 0 radical (unpaired) electrons. The second-order valence-corrected chi connectivity index (χ2v) is 5.34. The first-order valence-corrected chi connectivity index (χ1v) is 7.30. The lowest BCUT2D eigenvalue weighted by Crippen LogP contribution is -2.46. The molecular formula is C18H16FN3O2. The average molecular weight is 325 g/mol. The number of amides is 2. The number of nitrogens with one attached hydrogen (secondary N) is 1. The molecule has 0 aliphatic carbocycles. The predicted octanol–water partition coefficient (Wildman–Crippen LogP) is 1.45. The summed E-state index contributed by atoms with van der Waals surface area (Å²) in [5, 5.41) is 11.3. The minimum absolute atomic E-state index is 0.0467. The van der Waals surface area contributed by atoms with Crippen LogP contribution in [0.5, 0.6) is 0 Å². The number of hydrogen-bond acceptors (Lipinski definition) is 3. The third-order valence-electron chi connectivity index (χ3n) is 3.46. The number of halogens is 1. The van der Waals surface area contributed by atoms with Gasteiger partial charge in [-0.15, -0.1) is 0 Å². The van der Waals surface area contributed by atoms with Crippen LogP contribution in [0.15, 0.2) is 48.5 Å². The number of nitrogens with two attached hydrogens (primary N) is 1. The van der Waals surface area contributed by atoms with Crippen LogP contribution in [0.25, 0.3) is 0 Å². The molecule has 6 heteroatoms. The van der Waals surface area contributed by atoms with Crippen molar-refractivity contribution >= 4 is 11.8 Å². The van der Waals surface area contributed by atoms with Crippen LogP contribution in [0.3, 0.4) is 0 Å². The first-order valence-electron chi connectivity index (χ1n) is 7.30. The van der Waals surface area contributed by atoms with E-state index < -0.39 is 23.7 Å². The molecule has 0 fully saturated rings. The molecule has 2 aromatic rings. The predicted molar refractivity (Wildman–Crippen MR) is 86.1 cm³/mol. The lowest BCUT2D eigenvalue weighted by atomic mass is 10.0. The maximum atomic E-state index is 13.1. The molecule has 3 N–H and O–H groups in total. The first-order chi connectivity index (χ1) is 11.5. The molecule has 1 atom stereocenters. The zero-order valence-corrected chi connectivity index (χ0v) is 12.8. The van der Waals surface area contributed by atoms with Gasteiger partial charge in [0.1, 0.15) is 11.9 Å². The summed E-state index contributed by atoms with van der Waals surface area (Å²) in [4.78, 5) is 23.6. The average Bonchev–Trinajstić information content (AvgIpc) is 2.54. The molecule has 0 aromatic heterocycles. The molecule has 5 nitrogen and oxygen atoms in total. The van der Waals surface area contributed by atoms with Crippen LogP contribution in [0.1, 0.15) is 16.7 Å².